The van der Waals surface area contributed by atoms with Gasteiger partial charge >= 0.3 is 11.9 Å². The van der Waals surface area contributed by atoms with Crippen molar-refractivity contribution in [1.29, 1.82) is 0 Å². The number of ether oxygens (including phenoxy) is 2. The van der Waals surface area contributed by atoms with Crippen molar-refractivity contribution in [2.24, 2.45) is 10.6 Å². The van der Waals surface area contributed by atoms with Crippen molar-refractivity contribution in [2.45, 2.75) is 51.7 Å². The van der Waals surface area contributed by atoms with Crippen LogP contribution in [0.4, 0.5) is 5.13 Å². The van der Waals surface area contributed by atoms with Gasteiger partial charge < -0.3 is 30.3 Å². The number of hydrogen-bond donors (Lipinski definition) is 2. The molecule has 4 heterocycles. The van der Waals surface area contributed by atoms with Crippen LogP contribution < -0.4 is 11.1 Å². The SMILES string of the molecule is CO/N=C(/C(=O)N[C@@H]1C(=O)N2[C@H](C(=O)OCOC(=O)C(C)(C)C)C(Cn3nnc(C)n3)=CS[C@H]12)c1csc(N)n1. The fraction of sp³-hybridized carbons (Fsp3) is 0.500. The first-order valence-electron chi connectivity index (χ1n) is 11.8. The summed E-state index contributed by atoms with van der Waals surface area (Å²) in [6.45, 7) is 6.05. The van der Waals surface area contributed by atoms with E-state index in [1.54, 1.807) is 33.1 Å². The van der Waals surface area contributed by atoms with Gasteiger partial charge in [0.15, 0.2) is 22.7 Å². The fourth-order valence-corrected chi connectivity index (χ4v) is 5.48. The van der Waals surface area contributed by atoms with Gasteiger partial charge in [0, 0.05) is 5.38 Å². The largest absolute Gasteiger partial charge is 0.427 e. The van der Waals surface area contributed by atoms with E-state index < -0.39 is 53.4 Å². The number of nitrogens with two attached hydrogens (primary N) is 1. The molecule has 214 valence electrons. The average Bonchev–Trinajstić information content (AvgIpc) is 3.51. The molecule has 2 aromatic rings. The van der Waals surface area contributed by atoms with Crippen LogP contribution in [0.1, 0.15) is 32.3 Å². The number of β-lactam (4-membered cyclic amide) rings is 1. The molecule has 0 saturated carbocycles. The Labute approximate surface area is 236 Å². The second-order valence-corrected chi connectivity index (χ2v) is 11.5. The number of tetrazole rings is 1. The van der Waals surface area contributed by atoms with Crippen LogP contribution in [0, 0.1) is 12.3 Å². The van der Waals surface area contributed by atoms with E-state index in [9.17, 15) is 19.2 Å². The van der Waals surface area contributed by atoms with Crippen molar-refractivity contribution in [3.05, 3.63) is 27.9 Å². The molecule has 40 heavy (non-hydrogen) atoms. The highest BCUT2D eigenvalue weighted by Gasteiger charge is 2.56. The molecule has 3 atom stereocenters. The molecule has 0 aromatic carbocycles. The zero-order valence-corrected chi connectivity index (χ0v) is 23.8. The Morgan fingerprint density at radius 3 is 2.60 bits per heavy atom. The van der Waals surface area contributed by atoms with E-state index in [1.165, 1.54) is 33.9 Å². The number of carbonyl (C=O) groups excluding carboxylic acids is 4. The minimum absolute atomic E-state index is 0.0405. The van der Waals surface area contributed by atoms with Crippen molar-refractivity contribution in [2.75, 3.05) is 19.6 Å². The van der Waals surface area contributed by atoms with Gasteiger partial charge in [-0.2, -0.15) is 4.80 Å². The van der Waals surface area contributed by atoms with Crippen LogP contribution in [0.3, 0.4) is 0 Å². The van der Waals surface area contributed by atoms with Crippen LogP contribution in [0.15, 0.2) is 21.5 Å². The summed E-state index contributed by atoms with van der Waals surface area (Å²) in [5.41, 5.74) is 5.34. The predicted molar refractivity (Wildman–Crippen MR) is 141 cm³/mol. The lowest BCUT2D eigenvalue weighted by Gasteiger charge is -2.51. The zero-order valence-electron chi connectivity index (χ0n) is 22.2. The second-order valence-electron chi connectivity index (χ2n) is 9.64. The third-order valence-electron chi connectivity index (χ3n) is 5.62. The topological polar surface area (TPSA) is 206 Å². The van der Waals surface area contributed by atoms with Crippen LogP contribution in [0.2, 0.25) is 0 Å². The van der Waals surface area contributed by atoms with E-state index >= 15 is 0 Å². The number of aryl methyl sites for hydroxylation is 1. The Morgan fingerprint density at radius 2 is 2.00 bits per heavy atom. The summed E-state index contributed by atoms with van der Waals surface area (Å²) in [4.78, 5) is 63.0. The highest BCUT2D eigenvalue weighted by Crippen LogP contribution is 2.40. The number of thiazole rings is 1. The first-order valence-corrected chi connectivity index (χ1v) is 13.6. The van der Waals surface area contributed by atoms with Crippen molar-refractivity contribution in [1.82, 2.24) is 35.4 Å². The Morgan fingerprint density at radius 1 is 1.25 bits per heavy atom. The van der Waals surface area contributed by atoms with Crippen LogP contribution in [0.5, 0.6) is 0 Å². The Hall–Kier alpha value is -4.06. The summed E-state index contributed by atoms with van der Waals surface area (Å²) >= 11 is 2.33. The van der Waals surface area contributed by atoms with Crippen LogP contribution in [-0.2, 0) is 40.0 Å². The number of carbonyl (C=O) groups is 4. The lowest BCUT2D eigenvalue weighted by atomic mass is 9.97. The summed E-state index contributed by atoms with van der Waals surface area (Å²) in [5.74, 6) is -2.21. The molecule has 0 aliphatic carbocycles. The van der Waals surface area contributed by atoms with Crippen molar-refractivity contribution in [3.63, 3.8) is 0 Å². The zero-order chi connectivity index (χ0) is 29.2. The molecule has 1 fully saturated rings. The van der Waals surface area contributed by atoms with Crippen molar-refractivity contribution >= 4 is 57.7 Å². The third-order valence-corrected chi connectivity index (χ3v) is 7.51. The smallest absolute Gasteiger partial charge is 0.336 e. The first kappa shape index (κ1) is 28.9. The summed E-state index contributed by atoms with van der Waals surface area (Å²) in [6, 6.07) is -2.17. The van der Waals surface area contributed by atoms with E-state index in [0.717, 1.165) is 11.3 Å². The molecular formula is C22H27N9O7S2. The van der Waals surface area contributed by atoms with Crippen LogP contribution >= 0.6 is 23.1 Å². The summed E-state index contributed by atoms with van der Waals surface area (Å²) in [5, 5.41) is 21.0. The van der Waals surface area contributed by atoms with Crippen LogP contribution in [0.25, 0.3) is 0 Å². The molecule has 4 rings (SSSR count). The number of nitrogens with one attached hydrogen (secondary N) is 1. The number of aromatic nitrogens is 5. The molecule has 0 bridgehead atoms. The lowest BCUT2D eigenvalue weighted by molar-refractivity contribution is -0.179. The first-order chi connectivity index (χ1) is 18.9. The highest BCUT2D eigenvalue weighted by atomic mass is 32.2. The maximum absolute atomic E-state index is 13.3. The molecule has 1 saturated heterocycles. The number of anilines is 1. The molecule has 0 unspecified atom stereocenters. The number of nitrogen functional groups attached to an aromatic ring is 1. The molecule has 2 aliphatic rings. The molecule has 3 N–H and O–H groups in total. The van der Waals surface area contributed by atoms with E-state index in [-0.39, 0.29) is 23.1 Å². The van der Waals surface area contributed by atoms with Gasteiger partial charge in [-0.05, 0) is 43.9 Å². The molecule has 2 aromatic heterocycles. The standard InChI is InChI=1S/C22H27N9O7S2/c1-10-26-29-30(27-10)6-11-7-39-18-14(25-16(32)13(28-36-5)12-8-40-21(23)24-12)17(33)31(18)15(11)19(34)37-9-38-20(35)22(2,3)4/h7-8,14-15,18H,6,9H2,1-5H3,(H2,23,24)(H,25,32)/b28-13+/t14-,15+,18-/m1/s1. The number of rotatable bonds is 9. The molecule has 18 heteroatoms. The van der Waals surface area contributed by atoms with Crippen LogP contribution in [-0.4, -0.2) is 90.9 Å². The number of hydrogen-bond acceptors (Lipinski definition) is 15. The quantitative estimate of drug-likeness (QED) is 0.127. The summed E-state index contributed by atoms with van der Waals surface area (Å²) in [7, 11) is 1.27. The molecule has 0 spiro atoms. The maximum Gasteiger partial charge on any atom is 0.336 e. The maximum atomic E-state index is 13.3. The lowest BCUT2D eigenvalue weighted by Crippen LogP contribution is -2.74. The minimum Gasteiger partial charge on any atom is -0.427 e. The van der Waals surface area contributed by atoms with Crippen molar-refractivity contribution in [3.8, 4) is 0 Å². The summed E-state index contributed by atoms with van der Waals surface area (Å²) in [6.07, 6.45) is 0. The molecule has 2 amide bonds. The molecular weight excluding hydrogens is 566 g/mol. The van der Waals surface area contributed by atoms with Gasteiger partial charge in [-0.3, -0.25) is 14.4 Å². The third kappa shape index (κ3) is 6.06. The van der Waals surface area contributed by atoms with Crippen molar-refractivity contribution < 1.29 is 33.5 Å². The Balaban J connectivity index is 1.52. The van der Waals surface area contributed by atoms with Gasteiger partial charge in [-0.15, -0.1) is 33.3 Å². The normalized spacial score (nSPS) is 20.7. The number of fused-ring (bicyclic) bond motifs is 1. The molecule has 2 aliphatic heterocycles. The highest BCUT2D eigenvalue weighted by molar-refractivity contribution is 8.02. The Kier molecular flexibility index (Phi) is 8.38. The fourth-order valence-electron chi connectivity index (χ4n) is 3.72. The predicted octanol–water partition coefficient (Wildman–Crippen LogP) is -0.187. The average molecular weight is 594 g/mol. The van der Waals surface area contributed by atoms with E-state index in [0.29, 0.717) is 11.4 Å². The number of amides is 2. The monoisotopic (exact) mass is 593 g/mol. The molecule has 16 nitrogen and oxygen atoms in total. The minimum atomic E-state index is -1.18. The number of nitrogens with zero attached hydrogens (tertiary/aromatic N) is 7. The van der Waals surface area contributed by atoms with Gasteiger partial charge in [0.2, 0.25) is 12.7 Å². The summed E-state index contributed by atoms with van der Waals surface area (Å²) < 4.78 is 10.3. The van der Waals surface area contributed by atoms with Gasteiger partial charge in [0.05, 0.1) is 12.0 Å². The number of thioether (sulfide) groups is 1. The van der Waals surface area contributed by atoms with Gasteiger partial charge in [0.25, 0.3) is 5.91 Å². The van der Waals surface area contributed by atoms with Gasteiger partial charge in [-0.25, -0.2) is 9.78 Å². The number of esters is 2. The van der Waals surface area contributed by atoms with Gasteiger partial charge in [-0.1, -0.05) is 5.16 Å². The van der Waals surface area contributed by atoms with Gasteiger partial charge in [0.1, 0.15) is 24.2 Å². The van der Waals surface area contributed by atoms with E-state index in [4.69, 9.17) is 20.0 Å². The van der Waals surface area contributed by atoms with E-state index in [1.807, 2.05) is 0 Å². The Bertz CT molecular complexity index is 1380. The van der Waals surface area contributed by atoms with E-state index in [2.05, 4.69) is 30.9 Å². The number of oxime groups is 1. The second kappa shape index (κ2) is 11.6. The molecule has 0 radical (unpaired) electrons.